The van der Waals surface area contributed by atoms with Gasteiger partial charge in [-0.1, -0.05) is 28.1 Å². The van der Waals surface area contributed by atoms with E-state index in [1.54, 1.807) is 6.92 Å². The Morgan fingerprint density at radius 1 is 1.30 bits per heavy atom. The van der Waals surface area contributed by atoms with Crippen molar-refractivity contribution in [2.75, 3.05) is 0 Å². The molecule has 6 heteroatoms. The van der Waals surface area contributed by atoms with E-state index >= 15 is 0 Å². The SMILES string of the molecule is CC1=NNC(=O)C1C(c1ccc(Br)cc1)C(C#N)C#N. The van der Waals surface area contributed by atoms with E-state index in [9.17, 15) is 15.3 Å². The molecule has 0 aliphatic carbocycles. The smallest absolute Gasteiger partial charge is 0.249 e. The van der Waals surface area contributed by atoms with Gasteiger partial charge in [0.25, 0.3) is 0 Å². The van der Waals surface area contributed by atoms with Gasteiger partial charge >= 0.3 is 0 Å². The monoisotopic (exact) mass is 330 g/mol. The second-order valence-corrected chi connectivity index (χ2v) is 5.44. The molecule has 2 unspecified atom stereocenters. The molecule has 0 radical (unpaired) electrons. The van der Waals surface area contributed by atoms with Crippen LogP contribution in [0.4, 0.5) is 0 Å². The number of nitrogens with zero attached hydrogens (tertiary/aromatic N) is 3. The molecule has 2 atom stereocenters. The van der Waals surface area contributed by atoms with E-state index in [2.05, 4.69) is 26.5 Å². The maximum Gasteiger partial charge on any atom is 0.249 e. The van der Waals surface area contributed by atoms with Gasteiger partial charge < -0.3 is 0 Å². The predicted octanol–water partition coefficient (Wildman–Crippen LogP) is 2.32. The fourth-order valence-electron chi connectivity index (χ4n) is 2.35. The van der Waals surface area contributed by atoms with Gasteiger partial charge in [0, 0.05) is 16.1 Å². The molecular formula is C14H11BrN4O. The summed E-state index contributed by atoms with van der Waals surface area (Å²) in [7, 11) is 0. The van der Waals surface area contributed by atoms with Crippen molar-refractivity contribution in [1.82, 2.24) is 5.43 Å². The zero-order valence-corrected chi connectivity index (χ0v) is 12.3. The van der Waals surface area contributed by atoms with Crippen LogP contribution in [-0.2, 0) is 4.79 Å². The van der Waals surface area contributed by atoms with E-state index in [0.29, 0.717) is 5.71 Å². The Hall–Kier alpha value is -2.18. The van der Waals surface area contributed by atoms with Gasteiger partial charge in [0.05, 0.1) is 18.1 Å². The molecule has 1 aromatic carbocycles. The number of halogens is 1. The number of hydrogen-bond donors (Lipinski definition) is 1. The largest absolute Gasteiger partial charge is 0.272 e. The lowest BCUT2D eigenvalue weighted by Crippen LogP contribution is -2.32. The predicted molar refractivity (Wildman–Crippen MR) is 76.3 cm³/mol. The zero-order valence-electron chi connectivity index (χ0n) is 10.7. The van der Waals surface area contributed by atoms with Crippen molar-refractivity contribution in [2.24, 2.45) is 16.9 Å². The molecule has 1 aromatic rings. The first kappa shape index (κ1) is 14.2. The molecule has 1 heterocycles. The van der Waals surface area contributed by atoms with Crippen molar-refractivity contribution in [3.63, 3.8) is 0 Å². The molecule has 0 spiro atoms. The van der Waals surface area contributed by atoms with Crippen molar-refractivity contribution in [2.45, 2.75) is 12.8 Å². The number of benzene rings is 1. The van der Waals surface area contributed by atoms with E-state index in [-0.39, 0.29) is 5.91 Å². The van der Waals surface area contributed by atoms with Crippen molar-refractivity contribution >= 4 is 27.5 Å². The molecule has 20 heavy (non-hydrogen) atoms. The lowest BCUT2D eigenvalue weighted by atomic mass is 9.76. The number of hydrazone groups is 1. The van der Waals surface area contributed by atoms with Gasteiger partial charge in [0.1, 0.15) is 5.92 Å². The third kappa shape index (κ3) is 2.56. The van der Waals surface area contributed by atoms with Crippen LogP contribution >= 0.6 is 15.9 Å². The minimum Gasteiger partial charge on any atom is -0.272 e. The van der Waals surface area contributed by atoms with Crippen molar-refractivity contribution in [3.8, 4) is 12.1 Å². The molecule has 0 saturated carbocycles. The highest BCUT2D eigenvalue weighted by Gasteiger charge is 2.40. The molecule has 0 aromatic heterocycles. The number of amides is 1. The molecular weight excluding hydrogens is 320 g/mol. The third-order valence-corrected chi connectivity index (χ3v) is 3.85. The Morgan fingerprint density at radius 3 is 2.35 bits per heavy atom. The van der Waals surface area contributed by atoms with Crippen LogP contribution < -0.4 is 5.43 Å². The summed E-state index contributed by atoms with van der Waals surface area (Å²) < 4.78 is 0.895. The van der Waals surface area contributed by atoms with Gasteiger partial charge in [-0.2, -0.15) is 15.6 Å². The van der Waals surface area contributed by atoms with Crippen LogP contribution in [-0.4, -0.2) is 11.6 Å². The van der Waals surface area contributed by atoms with Crippen LogP contribution in [0, 0.1) is 34.5 Å². The lowest BCUT2D eigenvalue weighted by molar-refractivity contribution is -0.122. The fourth-order valence-corrected chi connectivity index (χ4v) is 2.61. The average Bonchev–Trinajstić information content (AvgIpc) is 2.77. The molecule has 1 aliphatic heterocycles. The fraction of sp³-hybridized carbons (Fsp3) is 0.286. The second-order valence-electron chi connectivity index (χ2n) is 4.52. The maximum absolute atomic E-state index is 11.9. The first-order valence-corrected chi connectivity index (χ1v) is 6.76. The molecule has 100 valence electrons. The van der Waals surface area contributed by atoms with Gasteiger partial charge in [0.15, 0.2) is 0 Å². The highest BCUT2D eigenvalue weighted by Crippen LogP contribution is 2.35. The number of carbonyl (C=O) groups excluding carboxylic acids is 1. The minimum absolute atomic E-state index is 0.272. The molecule has 1 aliphatic rings. The molecule has 0 bridgehead atoms. The van der Waals surface area contributed by atoms with Crippen LogP contribution in [0.15, 0.2) is 33.8 Å². The molecule has 0 saturated heterocycles. The first-order chi connectivity index (χ1) is 9.58. The van der Waals surface area contributed by atoms with Gasteiger partial charge in [0.2, 0.25) is 5.91 Å². The quantitative estimate of drug-likeness (QED) is 0.922. The Labute approximate surface area is 125 Å². The minimum atomic E-state index is -0.907. The Balaban J connectivity index is 2.48. The first-order valence-electron chi connectivity index (χ1n) is 5.97. The van der Waals surface area contributed by atoms with Gasteiger partial charge in [-0.3, -0.25) is 4.79 Å². The number of rotatable bonds is 3. The topological polar surface area (TPSA) is 89.0 Å². The molecule has 2 rings (SSSR count). The summed E-state index contributed by atoms with van der Waals surface area (Å²) in [5.74, 6) is -2.29. The van der Waals surface area contributed by atoms with Crippen LogP contribution in [0.3, 0.4) is 0 Å². The number of nitrogens with one attached hydrogen (secondary N) is 1. The van der Waals surface area contributed by atoms with E-state index in [0.717, 1.165) is 10.0 Å². The Bertz CT molecular complexity index is 625. The Morgan fingerprint density at radius 2 is 1.90 bits per heavy atom. The molecule has 5 nitrogen and oxygen atoms in total. The van der Waals surface area contributed by atoms with Crippen molar-refractivity contribution in [1.29, 1.82) is 10.5 Å². The van der Waals surface area contributed by atoms with E-state index < -0.39 is 17.8 Å². The maximum atomic E-state index is 11.9. The van der Waals surface area contributed by atoms with E-state index in [4.69, 9.17) is 0 Å². The van der Waals surface area contributed by atoms with Crippen LogP contribution in [0.2, 0.25) is 0 Å². The summed E-state index contributed by atoms with van der Waals surface area (Å²) >= 11 is 3.34. The molecule has 1 N–H and O–H groups in total. The summed E-state index contributed by atoms with van der Waals surface area (Å²) in [6.07, 6.45) is 0. The van der Waals surface area contributed by atoms with Crippen molar-refractivity contribution < 1.29 is 4.79 Å². The molecule has 1 amide bonds. The van der Waals surface area contributed by atoms with Crippen LogP contribution in [0.5, 0.6) is 0 Å². The summed E-state index contributed by atoms with van der Waals surface area (Å²) in [6, 6.07) is 11.2. The van der Waals surface area contributed by atoms with Crippen LogP contribution in [0.25, 0.3) is 0 Å². The molecule has 0 fully saturated rings. The summed E-state index contributed by atoms with van der Waals surface area (Å²) in [4.78, 5) is 11.9. The zero-order chi connectivity index (χ0) is 14.7. The second kappa shape index (κ2) is 5.85. The summed E-state index contributed by atoms with van der Waals surface area (Å²) in [5.41, 5.74) is 3.78. The van der Waals surface area contributed by atoms with E-state index in [1.807, 2.05) is 36.4 Å². The highest BCUT2D eigenvalue weighted by molar-refractivity contribution is 9.10. The average molecular weight is 331 g/mol. The van der Waals surface area contributed by atoms with Crippen LogP contribution in [0.1, 0.15) is 18.4 Å². The van der Waals surface area contributed by atoms with E-state index in [1.165, 1.54) is 0 Å². The standard InChI is InChI=1S/C14H11BrN4O/c1-8-12(14(20)19-18-8)13(10(6-16)7-17)9-2-4-11(15)5-3-9/h2-5,10,12-13H,1H3,(H,19,20). The number of nitriles is 2. The van der Waals surface area contributed by atoms with Gasteiger partial charge in [-0.15, -0.1) is 0 Å². The number of carbonyl (C=O) groups is 1. The lowest BCUT2D eigenvalue weighted by Gasteiger charge is -2.23. The highest BCUT2D eigenvalue weighted by atomic mass is 79.9. The van der Waals surface area contributed by atoms with Gasteiger partial charge in [-0.25, -0.2) is 5.43 Å². The summed E-state index contributed by atoms with van der Waals surface area (Å²) in [6.45, 7) is 1.72. The summed E-state index contributed by atoms with van der Waals surface area (Å²) in [5, 5.41) is 22.3. The number of hydrogen-bond acceptors (Lipinski definition) is 4. The normalized spacial score (nSPS) is 18.9. The van der Waals surface area contributed by atoms with Crippen molar-refractivity contribution in [3.05, 3.63) is 34.3 Å². The third-order valence-electron chi connectivity index (χ3n) is 3.33. The van der Waals surface area contributed by atoms with Gasteiger partial charge in [-0.05, 0) is 24.6 Å². The Kier molecular flexibility index (Phi) is 4.16.